The number of hydrogen-bond donors (Lipinski definition) is 1. The van der Waals surface area contributed by atoms with Gasteiger partial charge in [0.2, 0.25) is 5.91 Å². The molecule has 0 aromatic carbocycles. The Kier molecular flexibility index (Phi) is 3.03. The van der Waals surface area contributed by atoms with Gasteiger partial charge < -0.3 is 15.4 Å². The van der Waals surface area contributed by atoms with Crippen LogP contribution in [0.3, 0.4) is 0 Å². The highest BCUT2D eigenvalue weighted by molar-refractivity contribution is 5.77. The lowest BCUT2D eigenvalue weighted by Crippen LogP contribution is -2.43. The fourth-order valence-corrected chi connectivity index (χ4v) is 1.99. The van der Waals surface area contributed by atoms with Gasteiger partial charge in [0.05, 0.1) is 6.10 Å². The quantitative estimate of drug-likeness (QED) is 0.700. The molecule has 14 heavy (non-hydrogen) atoms. The van der Waals surface area contributed by atoms with E-state index < -0.39 is 0 Å². The van der Waals surface area contributed by atoms with Crippen LogP contribution in [-0.2, 0) is 9.53 Å². The number of rotatable bonds is 3. The Morgan fingerprint density at radius 3 is 2.57 bits per heavy atom. The van der Waals surface area contributed by atoms with Crippen molar-refractivity contribution < 1.29 is 9.53 Å². The van der Waals surface area contributed by atoms with Gasteiger partial charge in [-0.15, -0.1) is 0 Å². The number of amides is 1. The van der Waals surface area contributed by atoms with Crippen molar-refractivity contribution in [2.45, 2.75) is 37.8 Å². The number of nitrogens with zero attached hydrogens (tertiary/aromatic N) is 1. The van der Waals surface area contributed by atoms with Crippen LogP contribution in [0.5, 0.6) is 0 Å². The number of carbonyl (C=O) groups excluding carboxylic acids is 1. The van der Waals surface area contributed by atoms with Crippen molar-refractivity contribution in [2.24, 2.45) is 5.73 Å². The second kappa shape index (κ2) is 4.28. The predicted molar refractivity (Wildman–Crippen MR) is 52.8 cm³/mol. The summed E-state index contributed by atoms with van der Waals surface area (Å²) in [7, 11) is 0. The summed E-state index contributed by atoms with van der Waals surface area (Å²) in [6.45, 7) is 2.07. The van der Waals surface area contributed by atoms with E-state index in [1.807, 2.05) is 4.90 Å². The summed E-state index contributed by atoms with van der Waals surface area (Å²) in [6, 6.07) is 0.293. The monoisotopic (exact) mass is 198 g/mol. The Hall–Kier alpha value is -0.610. The lowest BCUT2D eigenvalue weighted by Gasteiger charge is -2.32. The van der Waals surface area contributed by atoms with Crippen molar-refractivity contribution in [3.8, 4) is 0 Å². The predicted octanol–water partition coefficient (Wildman–Crippen LogP) is 0.115. The van der Waals surface area contributed by atoms with Crippen molar-refractivity contribution >= 4 is 5.91 Å². The molecule has 2 aliphatic rings. The normalized spacial score (nSPS) is 31.6. The zero-order valence-electron chi connectivity index (χ0n) is 8.45. The van der Waals surface area contributed by atoms with E-state index in [1.165, 1.54) is 0 Å². The molecule has 2 fully saturated rings. The first-order valence-electron chi connectivity index (χ1n) is 5.40. The van der Waals surface area contributed by atoms with Crippen LogP contribution in [0, 0.1) is 0 Å². The summed E-state index contributed by atoms with van der Waals surface area (Å²) < 4.78 is 5.45. The first-order valence-corrected chi connectivity index (χ1v) is 5.40. The van der Waals surface area contributed by atoms with Gasteiger partial charge >= 0.3 is 0 Å². The van der Waals surface area contributed by atoms with Gasteiger partial charge in [0, 0.05) is 19.1 Å². The molecule has 1 saturated carbocycles. The van der Waals surface area contributed by atoms with Gasteiger partial charge in [-0.1, -0.05) is 0 Å². The smallest absolute Gasteiger partial charge is 0.248 e. The van der Waals surface area contributed by atoms with Gasteiger partial charge in [-0.3, -0.25) is 4.79 Å². The summed E-state index contributed by atoms with van der Waals surface area (Å²) in [5, 5.41) is 0. The van der Waals surface area contributed by atoms with Crippen molar-refractivity contribution in [2.75, 3.05) is 19.7 Å². The molecule has 0 atom stereocenters. The standard InChI is InChI=1S/C10H18N2O2/c11-8-5-9(6-8)14-7-10(13)12-3-1-2-4-12/h8-9H,1-7,11H2. The average molecular weight is 198 g/mol. The highest BCUT2D eigenvalue weighted by Crippen LogP contribution is 2.21. The van der Waals surface area contributed by atoms with Crippen LogP contribution < -0.4 is 5.73 Å². The first-order chi connectivity index (χ1) is 6.75. The number of carbonyl (C=O) groups is 1. The molecule has 1 heterocycles. The lowest BCUT2D eigenvalue weighted by atomic mass is 9.90. The van der Waals surface area contributed by atoms with Gasteiger partial charge in [-0.05, 0) is 25.7 Å². The maximum absolute atomic E-state index is 11.5. The molecule has 2 N–H and O–H groups in total. The van der Waals surface area contributed by atoms with Crippen LogP contribution in [0.4, 0.5) is 0 Å². The Bertz CT molecular complexity index is 208. The van der Waals surface area contributed by atoms with Gasteiger partial charge in [0.15, 0.2) is 0 Å². The third kappa shape index (κ3) is 2.25. The molecule has 0 aromatic rings. The zero-order chi connectivity index (χ0) is 9.97. The van der Waals surface area contributed by atoms with Gasteiger partial charge in [-0.25, -0.2) is 0 Å². The second-order valence-corrected chi connectivity index (χ2v) is 4.25. The molecule has 1 amide bonds. The Balaban J connectivity index is 1.62. The SMILES string of the molecule is NC1CC(OCC(=O)N2CCCC2)C1. The Morgan fingerprint density at radius 2 is 2.00 bits per heavy atom. The summed E-state index contributed by atoms with van der Waals surface area (Å²) >= 11 is 0. The zero-order valence-corrected chi connectivity index (χ0v) is 8.45. The van der Waals surface area contributed by atoms with Crippen molar-refractivity contribution in [3.05, 3.63) is 0 Å². The molecule has 4 nitrogen and oxygen atoms in total. The minimum absolute atomic E-state index is 0.142. The van der Waals surface area contributed by atoms with E-state index in [0.717, 1.165) is 38.8 Å². The van der Waals surface area contributed by atoms with Gasteiger partial charge in [-0.2, -0.15) is 0 Å². The topological polar surface area (TPSA) is 55.6 Å². The average Bonchev–Trinajstić information content (AvgIpc) is 2.62. The fourth-order valence-electron chi connectivity index (χ4n) is 1.99. The van der Waals surface area contributed by atoms with E-state index >= 15 is 0 Å². The van der Waals surface area contributed by atoms with E-state index in [0.29, 0.717) is 6.04 Å². The van der Waals surface area contributed by atoms with Crippen LogP contribution in [0.2, 0.25) is 0 Å². The molecule has 0 radical (unpaired) electrons. The maximum Gasteiger partial charge on any atom is 0.248 e. The first kappa shape index (κ1) is 9.93. The highest BCUT2D eigenvalue weighted by Gasteiger charge is 2.28. The number of hydrogen-bond acceptors (Lipinski definition) is 3. The van der Waals surface area contributed by atoms with Crippen LogP contribution >= 0.6 is 0 Å². The van der Waals surface area contributed by atoms with Crippen LogP contribution in [0.25, 0.3) is 0 Å². The third-order valence-corrected chi connectivity index (χ3v) is 3.03. The van der Waals surface area contributed by atoms with Crippen LogP contribution in [0.15, 0.2) is 0 Å². The highest BCUT2D eigenvalue weighted by atomic mass is 16.5. The summed E-state index contributed by atoms with van der Waals surface area (Å²) in [5.41, 5.74) is 5.62. The summed E-state index contributed by atoms with van der Waals surface area (Å²) in [4.78, 5) is 13.4. The van der Waals surface area contributed by atoms with Gasteiger partial charge in [0.1, 0.15) is 6.61 Å². The number of nitrogens with two attached hydrogens (primary N) is 1. The molecule has 0 bridgehead atoms. The van der Waals surface area contributed by atoms with Gasteiger partial charge in [0.25, 0.3) is 0 Å². The van der Waals surface area contributed by atoms with E-state index in [9.17, 15) is 4.79 Å². The molecule has 80 valence electrons. The molecule has 0 spiro atoms. The van der Waals surface area contributed by atoms with Crippen molar-refractivity contribution in [1.29, 1.82) is 0 Å². The summed E-state index contributed by atoms with van der Waals surface area (Å²) in [5.74, 6) is 0.142. The largest absolute Gasteiger partial charge is 0.368 e. The number of likely N-dealkylation sites (tertiary alicyclic amines) is 1. The van der Waals surface area contributed by atoms with Crippen molar-refractivity contribution in [3.63, 3.8) is 0 Å². The minimum Gasteiger partial charge on any atom is -0.368 e. The molecule has 2 rings (SSSR count). The Labute approximate surface area is 84.4 Å². The fraction of sp³-hybridized carbons (Fsp3) is 0.900. The van der Waals surface area contributed by atoms with E-state index in [4.69, 9.17) is 10.5 Å². The Morgan fingerprint density at radius 1 is 1.36 bits per heavy atom. The molecule has 0 aromatic heterocycles. The van der Waals surface area contributed by atoms with E-state index in [1.54, 1.807) is 0 Å². The second-order valence-electron chi connectivity index (χ2n) is 4.25. The molecule has 0 unspecified atom stereocenters. The summed E-state index contributed by atoms with van der Waals surface area (Å²) in [6.07, 6.45) is 4.33. The lowest BCUT2D eigenvalue weighted by molar-refractivity contribution is -0.139. The molecule has 1 saturated heterocycles. The molecular formula is C10H18N2O2. The van der Waals surface area contributed by atoms with Crippen molar-refractivity contribution in [1.82, 2.24) is 4.90 Å². The minimum atomic E-state index is 0.142. The number of ether oxygens (including phenoxy) is 1. The molecule has 4 heteroatoms. The molecular weight excluding hydrogens is 180 g/mol. The van der Waals surface area contributed by atoms with Crippen LogP contribution in [0.1, 0.15) is 25.7 Å². The molecule has 1 aliphatic carbocycles. The maximum atomic E-state index is 11.5. The van der Waals surface area contributed by atoms with E-state index in [2.05, 4.69) is 0 Å². The van der Waals surface area contributed by atoms with Crippen LogP contribution in [-0.4, -0.2) is 42.6 Å². The van der Waals surface area contributed by atoms with E-state index in [-0.39, 0.29) is 18.6 Å². The molecule has 1 aliphatic heterocycles. The third-order valence-electron chi connectivity index (χ3n) is 3.03.